The van der Waals surface area contributed by atoms with Gasteiger partial charge in [0.15, 0.2) is 0 Å². The molecule has 3 aromatic rings. The van der Waals surface area contributed by atoms with E-state index in [4.69, 9.17) is 10.5 Å². The van der Waals surface area contributed by atoms with Gasteiger partial charge in [0.25, 0.3) is 0 Å². The van der Waals surface area contributed by atoms with Crippen LogP contribution in [-0.4, -0.2) is 95.3 Å². The van der Waals surface area contributed by atoms with E-state index in [9.17, 15) is 38.7 Å². The first-order chi connectivity index (χ1) is 27.7. The largest absolute Gasteiger partial charge is 0.480 e. The summed E-state index contributed by atoms with van der Waals surface area (Å²) < 4.78 is 5.27. The van der Waals surface area contributed by atoms with Crippen LogP contribution in [0.3, 0.4) is 0 Å². The molecular formula is C42H54N6O9S. The summed E-state index contributed by atoms with van der Waals surface area (Å²) in [6, 6.07) is 20.7. The minimum Gasteiger partial charge on any atom is -0.480 e. The summed E-state index contributed by atoms with van der Waals surface area (Å²) >= 11 is 1.44. The van der Waals surface area contributed by atoms with Crippen molar-refractivity contribution in [1.29, 1.82) is 0 Å². The Morgan fingerprint density at radius 3 is 1.66 bits per heavy atom. The van der Waals surface area contributed by atoms with E-state index in [1.807, 2.05) is 26.2 Å². The first-order valence-corrected chi connectivity index (χ1v) is 20.4. The van der Waals surface area contributed by atoms with Gasteiger partial charge in [0.2, 0.25) is 29.5 Å². The summed E-state index contributed by atoms with van der Waals surface area (Å²) in [5.41, 5.74) is 8.23. The molecule has 15 nitrogen and oxygen atoms in total. The van der Waals surface area contributed by atoms with Gasteiger partial charge in [0, 0.05) is 12.8 Å². The summed E-state index contributed by atoms with van der Waals surface area (Å²) in [7, 11) is 0. The standard InChI is InChI=1S/C42H54N6O9S/c1-27(2)21-33(40(53)46-32(42(55)56)19-20-58-3)45-36(49)25-44-39(52)34(22-28-13-7-4-8-14-28)48-41(54)35(23-29-15-9-5-10-16-29)47-38(51)31(43)24-37(50)57-26-30-17-11-6-12-18-30/h4-18,27,31-35H,19-26,43H2,1-3H3,(H,44,52)(H,45,49)(H,46,53)(H,47,51)(H,48,54)(H,55,56)/t31-,32-,33-,34-,35-/m0/s1. The minimum absolute atomic E-state index is 0.000855. The van der Waals surface area contributed by atoms with Crippen LogP contribution in [0.25, 0.3) is 0 Å². The number of benzene rings is 3. The molecule has 0 aliphatic carbocycles. The lowest BCUT2D eigenvalue weighted by Gasteiger charge is -2.25. The van der Waals surface area contributed by atoms with E-state index in [1.165, 1.54) is 11.8 Å². The number of aliphatic carboxylic acids is 1. The number of nitrogens with one attached hydrogen (secondary N) is 5. The molecule has 312 valence electrons. The monoisotopic (exact) mass is 818 g/mol. The van der Waals surface area contributed by atoms with Crippen LogP contribution in [0.4, 0.5) is 0 Å². The van der Waals surface area contributed by atoms with Crippen molar-refractivity contribution in [2.45, 2.75) is 82.8 Å². The molecule has 0 saturated carbocycles. The van der Waals surface area contributed by atoms with Crippen LogP contribution in [-0.2, 0) is 57.7 Å². The Kier molecular flexibility index (Phi) is 19.9. The lowest BCUT2D eigenvalue weighted by atomic mass is 10.0. The van der Waals surface area contributed by atoms with Gasteiger partial charge in [-0.3, -0.25) is 28.8 Å². The van der Waals surface area contributed by atoms with Crippen LogP contribution in [0.5, 0.6) is 0 Å². The van der Waals surface area contributed by atoms with Gasteiger partial charge in [0.05, 0.1) is 19.0 Å². The number of carbonyl (C=O) groups excluding carboxylic acids is 6. The zero-order valence-corrected chi connectivity index (χ0v) is 33.8. The molecule has 3 aromatic carbocycles. The summed E-state index contributed by atoms with van der Waals surface area (Å²) in [6.45, 7) is 3.13. The molecule has 0 aliphatic rings. The van der Waals surface area contributed by atoms with Gasteiger partial charge in [-0.2, -0.15) is 11.8 Å². The van der Waals surface area contributed by atoms with Gasteiger partial charge in [-0.25, -0.2) is 4.79 Å². The molecule has 5 atom stereocenters. The van der Waals surface area contributed by atoms with E-state index < -0.39 is 84.6 Å². The second-order valence-electron chi connectivity index (χ2n) is 14.1. The highest BCUT2D eigenvalue weighted by Gasteiger charge is 2.31. The number of hydrogen-bond acceptors (Lipinski definition) is 10. The number of thioether (sulfide) groups is 1. The number of esters is 1. The van der Waals surface area contributed by atoms with Crippen molar-refractivity contribution in [3.8, 4) is 0 Å². The number of hydrogen-bond donors (Lipinski definition) is 7. The zero-order valence-electron chi connectivity index (χ0n) is 33.0. The number of carbonyl (C=O) groups is 7. The van der Waals surface area contributed by atoms with Crippen LogP contribution < -0.4 is 32.3 Å². The Morgan fingerprint density at radius 2 is 1.14 bits per heavy atom. The highest BCUT2D eigenvalue weighted by Crippen LogP contribution is 2.10. The molecule has 0 aliphatic heterocycles. The fraction of sp³-hybridized carbons (Fsp3) is 0.405. The average molecular weight is 819 g/mol. The van der Waals surface area contributed by atoms with Crippen molar-refractivity contribution in [3.05, 3.63) is 108 Å². The third-order valence-corrected chi connectivity index (χ3v) is 9.45. The van der Waals surface area contributed by atoms with Crippen molar-refractivity contribution in [1.82, 2.24) is 26.6 Å². The topological polar surface area (TPSA) is 235 Å². The fourth-order valence-electron chi connectivity index (χ4n) is 5.74. The molecule has 0 spiro atoms. The maximum atomic E-state index is 14.0. The summed E-state index contributed by atoms with van der Waals surface area (Å²) in [5.74, 6) is -5.03. The predicted molar refractivity (Wildman–Crippen MR) is 220 cm³/mol. The average Bonchev–Trinajstić information content (AvgIpc) is 3.20. The zero-order chi connectivity index (χ0) is 42.5. The van der Waals surface area contributed by atoms with Gasteiger partial charge in [-0.05, 0) is 47.5 Å². The van der Waals surface area contributed by atoms with Gasteiger partial charge in [0.1, 0.15) is 30.8 Å². The Bertz CT molecular complexity index is 1800. The normalized spacial score (nSPS) is 13.5. The van der Waals surface area contributed by atoms with Crippen LogP contribution in [0, 0.1) is 5.92 Å². The Balaban J connectivity index is 1.72. The fourth-order valence-corrected chi connectivity index (χ4v) is 6.21. The number of amides is 5. The quantitative estimate of drug-likeness (QED) is 0.0645. The van der Waals surface area contributed by atoms with Gasteiger partial charge in [-0.1, -0.05) is 105 Å². The first-order valence-electron chi connectivity index (χ1n) is 19.0. The third-order valence-electron chi connectivity index (χ3n) is 8.80. The smallest absolute Gasteiger partial charge is 0.326 e. The maximum Gasteiger partial charge on any atom is 0.326 e. The van der Waals surface area contributed by atoms with Crippen LogP contribution in [0.2, 0.25) is 0 Å². The van der Waals surface area contributed by atoms with E-state index in [2.05, 4.69) is 26.6 Å². The molecule has 3 rings (SSSR count). The predicted octanol–water partition coefficient (Wildman–Crippen LogP) is 1.87. The highest BCUT2D eigenvalue weighted by atomic mass is 32.2. The number of rotatable bonds is 24. The molecule has 16 heteroatoms. The molecule has 0 aromatic heterocycles. The van der Waals surface area contributed by atoms with Crippen molar-refractivity contribution < 1.29 is 43.4 Å². The summed E-state index contributed by atoms with van der Waals surface area (Å²) in [5, 5.41) is 22.6. The maximum absolute atomic E-state index is 14.0. The van der Waals surface area contributed by atoms with E-state index in [-0.39, 0.29) is 38.2 Å². The first kappa shape index (κ1) is 46.6. The molecule has 0 radical (unpaired) electrons. The SMILES string of the molecule is CSCC[C@H](NC(=O)[C@H](CC(C)C)NC(=O)CNC(=O)[C@H](Cc1ccccc1)NC(=O)[C@H](Cc1ccccc1)NC(=O)[C@@H](N)CC(=O)OCc1ccccc1)C(=O)O. The lowest BCUT2D eigenvalue weighted by Crippen LogP contribution is -2.58. The van der Waals surface area contributed by atoms with Crippen molar-refractivity contribution >= 4 is 53.2 Å². The molecule has 5 amide bonds. The Hall–Kier alpha value is -5.74. The van der Waals surface area contributed by atoms with Gasteiger partial charge >= 0.3 is 11.9 Å². The van der Waals surface area contributed by atoms with Crippen molar-refractivity contribution in [2.24, 2.45) is 11.7 Å². The van der Waals surface area contributed by atoms with Crippen molar-refractivity contribution in [2.75, 3.05) is 18.6 Å². The highest BCUT2D eigenvalue weighted by molar-refractivity contribution is 7.98. The number of carboxylic acids is 1. The number of ether oxygens (including phenoxy) is 1. The molecule has 0 fully saturated rings. The Labute approximate surface area is 343 Å². The third kappa shape index (κ3) is 17.2. The molecule has 58 heavy (non-hydrogen) atoms. The minimum atomic E-state index is -1.34. The number of nitrogens with two attached hydrogens (primary N) is 1. The van der Waals surface area contributed by atoms with E-state index in [0.29, 0.717) is 16.9 Å². The molecule has 0 saturated heterocycles. The molecule has 0 heterocycles. The van der Waals surface area contributed by atoms with Crippen LogP contribution in [0.15, 0.2) is 91.0 Å². The number of carboxylic acid groups (broad SMARTS) is 1. The van der Waals surface area contributed by atoms with Crippen molar-refractivity contribution in [3.63, 3.8) is 0 Å². The summed E-state index contributed by atoms with van der Waals surface area (Å²) in [4.78, 5) is 91.4. The second-order valence-corrected chi connectivity index (χ2v) is 15.1. The molecule has 0 bridgehead atoms. The second kappa shape index (κ2) is 24.8. The Morgan fingerprint density at radius 1 is 0.655 bits per heavy atom. The van der Waals surface area contributed by atoms with Crippen LogP contribution >= 0.6 is 11.8 Å². The van der Waals surface area contributed by atoms with Crippen LogP contribution in [0.1, 0.15) is 49.8 Å². The summed E-state index contributed by atoms with van der Waals surface area (Å²) in [6.07, 6.45) is 1.81. The van der Waals surface area contributed by atoms with Gasteiger partial charge < -0.3 is 42.2 Å². The molecule has 0 unspecified atom stereocenters. The van der Waals surface area contributed by atoms with Gasteiger partial charge in [-0.15, -0.1) is 0 Å². The molecule has 8 N–H and O–H groups in total. The van der Waals surface area contributed by atoms with E-state index in [1.54, 1.807) is 84.9 Å². The lowest BCUT2D eigenvalue weighted by molar-refractivity contribution is -0.147. The molecular weight excluding hydrogens is 765 g/mol. The van der Waals surface area contributed by atoms with E-state index >= 15 is 0 Å². The van der Waals surface area contributed by atoms with E-state index in [0.717, 1.165) is 5.56 Å².